The van der Waals surface area contributed by atoms with Crippen LogP contribution in [0.4, 0.5) is 17.5 Å². The van der Waals surface area contributed by atoms with Crippen LogP contribution in [0.3, 0.4) is 0 Å². The second-order valence-electron chi connectivity index (χ2n) is 6.15. The second-order valence-corrected chi connectivity index (χ2v) is 6.15. The summed E-state index contributed by atoms with van der Waals surface area (Å²) in [5, 5.41) is 0. The molecular weight excluding hydrogens is 272 g/mol. The molecule has 3 heterocycles. The molecule has 0 radical (unpaired) electrons. The van der Waals surface area contributed by atoms with Crippen LogP contribution < -0.4 is 9.80 Å². The predicted molar refractivity (Wildman–Crippen MR) is 89.9 cm³/mol. The Hall–Kier alpha value is -2.10. The van der Waals surface area contributed by atoms with Crippen LogP contribution in [0.2, 0.25) is 0 Å². The van der Waals surface area contributed by atoms with Crippen molar-refractivity contribution in [2.24, 2.45) is 0 Å². The maximum absolute atomic E-state index is 4.86. The van der Waals surface area contributed by atoms with E-state index in [1.165, 1.54) is 36.9 Å². The lowest BCUT2D eigenvalue weighted by Crippen LogP contribution is -2.26. The first-order valence-corrected chi connectivity index (χ1v) is 8.35. The van der Waals surface area contributed by atoms with E-state index in [-0.39, 0.29) is 0 Å². The maximum Gasteiger partial charge on any atom is 0.227 e. The standard InChI is InChI=1S/C18H22N4/c1-2-6-13-21(12-5-1)18-19-11-9-17(20-18)22-14-10-15-7-3-4-8-16(15)22/h3-4,7-9,11H,1-2,5-6,10,12-14H2. The molecule has 4 heteroatoms. The lowest BCUT2D eigenvalue weighted by Gasteiger charge is -2.23. The molecule has 4 rings (SSSR count). The Kier molecular flexibility index (Phi) is 3.67. The minimum Gasteiger partial charge on any atom is -0.341 e. The number of benzene rings is 1. The van der Waals surface area contributed by atoms with Gasteiger partial charge in [-0.25, -0.2) is 4.98 Å². The van der Waals surface area contributed by atoms with Gasteiger partial charge in [-0.1, -0.05) is 31.0 Å². The van der Waals surface area contributed by atoms with Crippen LogP contribution >= 0.6 is 0 Å². The number of hydrogen-bond acceptors (Lipinski definition) is 4. The molecule has 1 saturated heterocycles. The average molecular weight is 294 g/mol. The largest absolute Gasteiger partial charge is 0.341 e. The van der Waals surface area contributed by atoms with Gasteiger partial charge in [-0.15, -0.1) is 0 Å². The summed E-state index contributed by atoms with van der Waals surface area (Å²) < 4.78 is 0. The molecule has 0 spiro atoms. The molecule has 2 aliphatic rings. The fourth-order valence-electron chi connectivity index (χ4n) is 3.49. The molecule has 0 saturated carbocycles. The number of aromatic nitrogens is 2. The highest BCUT2D eigenvalue weighted by Gasteiger charge is 2.22. The Labute approximate surface area is 131 Å². The van der Waals surface area contributed by atoms with Gasteiger partial charge in [0.1, 0.15) is 5.82 Å². The van der Waals surface area contributed by atoms with Gasteiger partial charge < -0.3 is 9.80 Å². The van der Waals surface area contributed by atoms with Crippen molar-refractivity contribution >= 4 is 17.5 Å². The topological polar surface area (TPSA) is 32.3 Å². The number of anilines is 3. The van der Waals surface area contributed by atoms with E-state index in [2.05, 4.69) is 39.0 Å². The van der Waals surface area contributed by atoms with Gasteiger partial charge in [0.2, 0.25) is 5.95 Å². The van der Waals surface area contributed by atoms with Gasteiger partial charge >= 0.3 is 0 Å². The number of fused-ring (bicyclic) bond motifs is 1. The van der Waals surface area contributed by atoms with Crippen molar-refractivity contribution in [3.8, 4) is 0 Å². The average Bonchev–Trinajstić information content (AvgIpc) is 2.81. The molecule has 0 bridgehead atoms. The molecule has 2 aliphatic heterocycles. The predicted octanol–water partition coefficient (Wildman–Crippen LogP) is 3.55. The monoisotopic (exact) mass is 294 g/mol. The van der Waals surface area contributed by atoms with Gasteiger partial charge in [0.05, 0.1) is 0 Å². The summed E-state index contributed by atoms with van der Waals surface area (Å²) in [6.07, 6.45) is 8.16. The Morgan fingerprint density at radius 2 is 1.68 bits per heavy atom. The van der Waals surface area contributed by atoms with Crippen LogP contribution in [0.15, 0.2) is 36.5 Å². The van der Waals surface area contributed by atoms with Gasteiger partial charge in [-0.2, -0.15) is 4.98 Å². The summed E-state index contributed by atoms with van der Waals surface area (Å²) in [5.41, 5.74) is 2.71. The summed E-state index contributed by atoms with van der Waals surface area (Å²) in [6, 6.07) is 10.7. The number of hydrogen-bond donors (Lipinski definition) is 0. The van der Waals surface area contributed by atoms with Crippen molar-refractivity contribution in [2.45, 2.75) is 32.1 Å². The van der Waals surface area contributed by atoms with Gasteiger partial charge in [-0.3, -0.25) is 0 Å². The third-order valence-corrected chi connectivity index (χ3v) is 4.68. The van der Waals surface area contributed by atoms with Crippen LogP contribution in [0, 0.1) is 0 Å². The Bertz CT molecular complexity index is 647. The summed E-state index contributed by atoms with van der Waals surface area (Å²) in [7, 11) is 0. The summed E-state index contributed by atoms with van der Waals surface area (Å²) >= 11 is 0. The van der Waals surface area contributed by atoms with E-state index < -0.39 is 0 Å². The smallest absolute Gasteiger partial charge is 0.227 e. The van der Waals surface area contributed by atoms with Crippen LogP contribution in [0.5, 0.6) is 0 Å². The molecular formula is C18H22N4. The van der Waals surface area contributed by atoms with Gasteiger partial charge in [0.15, 0.2) is 0 Å². The quantitative estimate of drug-likeness (QED) is 0.848. The van der Waals surface area contributed by atoms with Crippen molar-refractivity contribution in [3.63, 3.8) is 0 Å². The summed E-state index contributed by atoms with van der Waals surface area (Å²) in [4.78, 5) is 14.0. The minimum atomic E-state index is 0.892. The highest BCUT2D eigenvalue weighted by molar-refractivity contribution is 5.67. The molecule has 2 aromatic rings. The molecule has 0 amide bonds. The lowest BCUT2D eigenvalue weighted by atomic mass is 10.2. The molecule has 0 aliphatic carbocycles. The third kappa shape index (κ3) is 2.54. The summed E-state index contributed by atoms with van der Waals surface area (Å²) in [6.45, 7) is 3.18. The van der Waals surface area contributed by atoms with E-state index >= 15 is 0 Å². The Morgan fingerprint density at radius 1 is 0.864 bits per heavy atom. The van der Waals surface area contributed by atoms with E-state index in [4.69, 9.17) is 4.98 Å². The van der Waals surface area contributed by atoms with E-state index in [0.717, 1.165) is 37.8 Å². The first-order chi connectivity index (χ1) is 10.9. The zero-order valence-corrected chi connectivity index (χ0v) is 12.9. The van der Waals surface area contributed by atoms with Crippen LogP contribution in [-0.2, 0) is 6.42 Å². The van der Waals surface area contributed by atoms with Gasteiger partial charge in [0, 0.05) is 31.5 Å². The van der Waals surface area contributed by atoms with Crippen molar-refractivity contribution < 1.29 is 0 Å². The fraction of sp³-hybridized carbons (Fsp3) is 0.444. The van der Waals surface area contributed by atoms with Crippen molar-refractivity contribution in [1.29, 1.82) is 0 Å². The van der Waals surface area contributed by atoms with Crippen LogP contribution in [-0.4, -0.2) is 29.6 Å². The zero-order chi connectivity index (χ0) is 14.8. The van der Waals surface area contributed by atoms with Crippen molar-refractivity contribution in [1.82, 2.24) is 9.97 Å². The van der Waals surface area contributed by atoms with Gasteiger partial charge in [0.25, 0.3) is 0 Å². The maximum atomic E-state index is 4.86. The first kappa shape index (κ1) is 13.6. The molecule has 22 heavy (non-hydrogen) atoms. The molecule has 0 unspecified atom stereocenters. The molecule has 114 valence electrons. The summed E-state index contributed by atoms with van der Waals surface area (Å²) in [5.74, 6) is 1.92. The molecule has 1 aromatic heterocycles. The number of para-hydroxylation sites is 1. The van der Waals surface area contributed by atoms with Crippen molar-refractivity contribution in [2.75, 3.05) is 29.4 Å². The Balaban J connectivity index is 1.62. The molecule has 0 N–H and O–H groups in total. The van der Waals surface area contributed by atoms with Crippen molar-refractivity contribution in [3.05, 3.63) is 42.1 Å². The first-order valence-electron chi connectivity index (χ1n) is 8.35. The second kappa shape index (κ2) is 5.95. The van der Waals surface area contributed by atoms with Crippen LogP contribution in [0.1, 0.15) is 31.2 Å². The molecule has 0 atom stereocenters. The minimum absolute atomic E-state index is 0.892. The highest BCUT2D eigenvalue weighted by atomic mass is 15.3. The number of rotatable bonds is 2. The fourth-order valence-corrected chi connectivity index (χ4v) is 3.49. The van der Waals surface area contributed by atoms with E-state index in [9.17, 15) is 0 Å². The normalized spacial score (nSPS) is 18.2. The highest BCUT2D eigenvalue weighted by Crippen LogP contribution is 2.33. The SMILES string of the molecule is c1ccc2c(c1)CCN2c1ccnc(N2CCCCCC2)n1. The number of nitrogens with zero attached hydrogens (tertiary/aromatic N) is 4. The van der Waals surface area contributed by atoms with E-state index in [0.29, 0.717) is 0 Å². The molecule has 4 nitrogen and oxygen atoms in total. The molecule has 1 fully saturated rings. The van der Waals surface area contributed by atoms with Crippen LogP contribution in [0.25, 0.3) is 0 Å². The zero-order valence-electron chi connectivity index (χ0n) is 12.9. The van der Waals surface area contributed by atoms with E-state index in [1.807, 2.05) is 12.3 Å². The lowest BCUT2D eigenvalue weighted by molar-refractivity contribution is 0.726. The Morgan fingerprint density at radius 3 is 2.55 bits per heavy atom. The molecule has 1 aromatic carbocycles. The van der Waals surface area contributed by atoms with Gasteiger partial charge in [-0.05, 0) is 37.0 Å². The third-order valence-electron chi connectivity index (χ3n) is 4.68. The van der Waals surface area contributed by atoms with E-state index in [1.54, 1.807) is 0 Å².